The standard InChI is InChI=1S/C9H10N4S/c10-8-6-13-9(14-8)12-5-7-2-1-3-11-4-7/h1-4,6H,5,10H2,(H,12,13). The Morgan fingerprint density at radius 2 is 2.36 bits per heavy atom. The number of rotatable bonds is 3. The van der Waals surface area contributed by atoms with Crippen LogP contribution in [-0.2, 0) is 6.54 Å². The number of thiazole rings is 1. The molecule has 0 atom stereocenters. The second kappa shape index (κ2) is 4.06. The van der Waals surface area contributed by atoms with Crippen molar-refractivity contribution in [3.8, 4) is 0 Å². The normalized spacial score (nSPS) is 10.0. The van der Waals surface area contributed by atoms with Gasteiger partial charge in [0.15, 0.2) is 5.13 Å². The summed E-state index contributed by atoms with van der Waals surface area (Å²) in [5.74, 6) is 0. The van der Waals surface area contributed by atoms with Crippen molar-refractivity contribution in [1.29, 1.82) is 0 Å². The molecule has 0 radical (unpaired) electrons. The van der Waals surface area contributed by atoms with Gasteiger partial charge in [-0.3, -0.25) is 4.98 Å². The molecule has 72 valence electrons. The topological polar surface area (TPSA) is 63.8 Å². The summed E-state index contributed by atoms with van der Waals surface area (Å²) in [5.41, 5.74) is 6.68. The Hall–Kier alpha value is -1.62. The predicted octanol–water partition coefficient (Wildman–Crippen LogP) is 1.73. The number of pyridine rings is 1. The lowest BCUT2D eigenvalue weighted by Crippen LogP contribution is -1.98. The number of hydrogen-bond donors (Lipinski definition) is 2. The van der Waals surface area contributed by atoms with Crippen LogP contribution in [0.15, 0.2) is 30.7 Å². The van der Waals surface area contributed by atoms with Crippen LogP contribution in [0.2, 0.25) is 0 Å². The van der Waals surface area contributed by atoms with Crippen LogP contribution in [0.25, 0.3) is 0 Å². The third-order valence-electron chi connectivity index (χ3n) is 1.69. The lowest BCUT2D eigenvalue weighted by atomic mass is 10.3. The van der Waals surface area contributed by atoms with Crippen LogP contribution >= 0.6 is 11.3 Å². The van der Waals surface area contributed by atoms with E-state index >= 15 is 0 Å². The Morgan fingerprint density at radius 1 is 1.43 bits per heavy atom. The summed E-state index contributed by atoms with van der Waals surface area (Å²) in [7, 11) is 0. The molecule has 0 aliphatic heterocycles. The van der Waals surface area contributed by atoms with Gasteiger partial charge in [0.25, 0.3) is 0 Å². The van der Waals surface area contributed by atoms with Gasteiger partial charge in [0.1, 0.15) is 5.00 Å². The van der Waals surface area contributed by atoms with Crippen LogP contribution < -0.4 is 11.1 Å². The van der Waals surface area contributed by atoms with Gasteiger partial charge in [0.2, 0.25) is 0 Å². The first kappa shape index (κ1) is 8.96. The Bertz CT molecular complexity index is 398. The minimum atomic E-state index is 0.721. The molecule has 0 spiro atoms. The van der Waals surface area contributed by atoms with Crippen molar-refractivity contribution >= 4 is 21.5 Å². The molecule has 14 heavy (non-hydrogen) atoms. The molecule has 0 saturated heterocycles. The summed E-state index contributed by atoms with van der Waals surface area (Å²) in [6.45, 7) is 0.723. The molecule has 0 amide bonds. The van der Waals surface area contributed by atoms with E-state index in [2.05, 4.69) is 15.3 Å². The van der Waals surface area contributed by atoms with Crippen molar-refractivity contribution in [3.05, 3.63) is 36.3 Å². The average molecular weight is 206 g/mol. The zero-order valence-electron chi connectivity index (χ0n) is 7.47. The van der Waals surface area contributed by atoms with E-state index in [9.17, 15) is 0 Å². The van der Waals surface area contributed by atoms with Crippen LogP contribution in [0.4, 0.5) is 10.1 Å². The van der Waals surface area contributed by atoms with E-state index in [1.54, 1.807) is 12.4 Å². The number of nitrogen functional groups attached to an aromatic ring is 1. The number of aromatic nitrogens is 2. The summed E-state index contributed by atoms with van der Waals surface area (Å²) < 4.78 is 0. The van der Waals surface area contributed by atoms with Crippen LogP contribution in [0.1, 0.15) is 5.56 Å². The van der Waals surface area contributed by atoms with Crippen LogP contribution in [0.5, 0.6) is 0 Å². The molecule has 0 aliphatic carbocycles. The van der Waals surface area contributed by atoms with Gasteiger partial charge in [-0.2, -0.15) is 0 Å². The van der Waals surface area contributed by atoms with Crippen LogP contribution in [0, 0.1) is 0 Å². The van der Waals surface area contributed by atoms with Crippen molar-refractivity contribution < 1.29 is 0 Å². The summed E-state index contributed by atoms with van der Waals surface area (Å²) >= 11 is 1.44. The highest BCUT2D eigenvalue weighted by Gasteiger charge is 1.97. The number of nitrogens with one attached hydrogen (secondary N) is 1. The summed E-state index contributed by atoms with van der Waals surface area (Å²) in [4.78, 5) is 8.11. The Labute approximate surface area is 85.8 Å². The Morgan fingerprint density at radius 3 is 3.00 bits per heavy atom. The van der Waals surface area contributed by atoms with Crippen LogP contribution in [0.3, 0.4) is 0 Å². The third-order valence-corrected chi connectivity index (χ3v) is 2.47. The van der Waals surface area contributed by atoms with Crippen molar-refractivity contribution in [2.24, 2.45) is 0 Å². The maximum absolute atomic E-state index is 5.55. The van der Waals surface area contributed by atoms with E-state index < -0.39 is 0 Å². The van der Waals surface area contributed by atoms with E-state index in [1.807, 2.05) is 18.3 Å². The SMILES string of the molecule is Nc1cnc(NCc2cccnc2)s1. The fraction of sp³-hybridized carbons (Fsp3) is 0.111. The Kier molecular flexibility index (Phi) is 2.60. The first-order valence-electron chi connectivity index (χ1n) is 4.18. The molecule has 2 heterocycles. The quantitative estimate of drug-likeness (QED) is 0.802. The van der Waals surface area contributed by atoms with Crippen molar-refractivity contribution in [1.82, 2.24) is 9.97 Å². The minimum absolute atomic E-state index is 0.721. The van der Waals surface area contributed by atoms with E-state index in [-0.39, 0.29) is 0 Å². The number of hydrogen-bond acceptors (Lipinski definition) is 5. The highest BCUT2D eigenvalue weighted by atomic mass is 32.1. The van der Waals surface area contributed by atoms with Crippen molar-refractivity contribution in [2.75, 3.05) is 11.1 Å². The third kappa shape index (κ3) is 2.20. The van der Waals surface area contributed by atoms with Crippen LogP contribution in [-0.4, -0.2) is 9.97 Å². The second-order valence-corrected chi connectivity index (χ2v) is 3.84. The fourth-order valence-electron chi connectivity index (χ4n) is 1.05. The predicted molar refractivity (Wildman–Crippen MR) is 58.1 cm³/mol. The van der Waals surface area contributed by atoms with Gasteiger partial charge in [-0.05, 0) is 11.6 Å². The molecule has 4 nitrogen and oxygen atoms in total. The summed E-state index contributed by atoms with van der Waals surface area (Å²) in [6, 6.07) is 3.92. The molecule has 0 aliphatic rings. The van der Waals surface area contributed by atoms with Gasteiger partial charge < -0.3 is 11.1 Å². The highest BCUT2D eigenvalue weighted by Crippen LogP contribution is 2.19. The molecular weight excluding hydrogens is 196 g/mol. The highest BCUT2D eigenvalue weighted by molar-refractivity contribution is 7.19. The molecule has 2 aromatic heterocycles. The minimum Gasteiger partial charge on any atom is -0.389 e. The lowest BCUT2D eigenvalue weighted by molar-refractivity contribution is 1.10. The zero-order chi connectivity index (χ0) is 9.80. The lowest BCUT2D eigenvalue weighted by Gasteiger charge is -2.00. The van der Waals surface area contributed by atoms with E-state index in [0.29, 0.717) is 0 Å². The fourth-order valence-corrected chi connectivity index (χ4v) is 1.63. The van der Waals surface area contributed by atoms with Gasteiger partial charge in [-0.15, -0.1) is 0 Å². The molecule has 0 fully saturated rings. The zero-order valence-corrected chi connectivity index (χ0v) is 8.29. The second-order valence-electron chi connectivity index (χ2n) is 2.78. The van der Waals surface area contributed by atoms with Gasteiger partial charge in [-0.1, -0.05) is 17.4 Å². The molecule has 5 heteroatoms. The summed E-state index contributed by atoms with van der Waals surface area (Å²) in [5, 5.41) is 4.73. The molecular formula is C9H10N4S. The number of nitrogens with two attached hydrogens (primary N) is 1. The van der Waals surface area contributed by atoms with E-state index in [4.69, 9.17) is 5.73 Å². The van der Waals surface area contributed by atoms with Gasteiger partial charge in [-0.25, -0.2) is 4.98 Å². The van der Waals surface area contributed by atoms with E-state index in [0.717, 1.165) is 22.2 Å². The number of anilines is 2. The molecule has 0 unspecified atom stereocenters. The Balaban J connectivity index is 1.95. The maximum atomic E-state index is 5.55. The maximum Gasteiger partial charge on any atom is 0.184 e. The van der Waals surface area contributed by atoms with E-state index in [1.165, 1.54) is 11.3 Å². The smallest absolute Gasteiger partial charge is 0.184 e. The van der Waals surface area contributed by atoms with Gasteiger partial charge in [0.05, 0.1) is 6.20 Å². The van der Waals surface area contributed by atoms with Gasteiger partial charge in [0, 0.05) is 18.9 Å². The molecule has 0 aromatic carbocycles. The van der Waals surface area contributed by atoms with Crippen molar-refractivity contribution in [2.45, 2.75) is 6.54 Å². The monoisotopic (exact) mass is 206 g/mol. The molecule has 0 bridgehead atoms. The first-order chi connectivity index (χ1) is 6.84. The first-order valence-corrected chi connectivity index (χ1v) is 5.00. The molecule has 2 aromatic rings. The molecule has 3 N–H and O–H groups in total. The number of nitrogens with zero attached hydrogens (tertiary/aromatic N) is 2. The van der Waals surface area contributed by atoms with Gasteiger partial charge >= 0.3 is 0 Å². The molecule has 0 saturated carbocycles. The van der Waals surface area contributed by atoms with Crippen molar-refractivity contribution in [3.63, 3.8) is 0 Å². The molecule has 2 rings (SSSR count). The summed E-state index contributed by atoms with van der Waals surface area (Å²) in [6.07, 6.45) is 5.23. The largest absolute Gasteiger partial charge is 0.389 e. The average Bonchev–Trinajstić information content (AvgIpc) is 2.63.